The van der Waals surface area contributed by atoms with E-state index in [9.17, 15) is 9.18 Å². The van der Waals surface area contributed by atoms with Crippen molar-refractivity contribution in [1.82, 2.24) is 14.9 Å². The van der Waals surface area contributed by atoms with E-state index in [0.29, 0.717) is 30.3 Å². The predicted octanol–water partition coefficient (Wildman–Crippen LogP) is 4.48. The molecule has 166 valence electrons. The summed E-state index contributed by atoms with van der Waals surface area (Å²) in [5.41, 5.74) is 1.02. The summed E-state index contributed by atoms with van der Waals surface area (Å²) in [5, 5.41) is 14.1. The maximum Gasteiger partial charge on any atom is 0.410 e. The van der Waals surface area contributed by atoms with E-state index >= 15 is 0 Å². The molecule has 9 heteroatoms. The molecule has 1 fully saturated rings. The first-order chi connectivity index (χ1) is 14.7. The fourth-order valence-electron chi connectivity index (χ4n) is 3.32. The number of aryl methyl sites for hydroxylation is 1. The van der Waals surface area contributed by atoms with Gasteiger partial charge in [0.2, 0.25) is 0 Å². The van der Waals surface area contributed by atoms with Crippen molar-refractivity contribution < 1.29 is 13.9 Å². The number of halogens is 1. The molecular formula is C22H29FN6O2. The minimum atomic E-state index is -0.522. The highest BCUT2D eigenvalue weighted by molar-refractivity contribution is 5.91. The van der Waals surface area contributed by atoms with Gasteiger partial charge >= 0.3 is 6.09 Å². The molecule has 0 unspecified atom stereocenters. The van der Waals surface area contributed by atoms with Crippen LogP contribution in [0.3, 0.4) is 0 Å². The number of ether oxygens (including phenoxy) is 1. The van der Waals surface area contributed by atoms with Crippen molar-refractivity contribution >= 4 is 29.6 Å². The number of hydrogen-bond donors (Lipinski definition) is 3. The Balaban J connectivity index is 1.67. The van der Waals surface area contributed by atoms with Crippen LogP contribution in [0.1, 0.15) is 44.7 Å². The number of hydrogen-bond acceptors (Lipinski definition) is 7. The van der Waals surface area contributed by atoms with E-state index in [-0.39, 0.29) is 17.8 Å². The van der Waals surface area contributed by atoms with Gasteiger partial charge in [-0.2, -0.15) is 0 Å². The molecule has 8 nitrogen and oxygen atoms in total. The van der Waals surface area contributed by atoms with E-state index in [4.69, 9.17) is 10.1 Å². The van der Waals surface area contributed by atoms with E-state index in [2.05, 4.69) is 20.6 Å². The Morgan fingerprint density at radius 2 is 1.94 bits per heavy atom. The fraction of sp³-hybridized carbons (Fsp3) is 0.455. The maximum absolute atomic E-state index is 14.2. The summed E-state index contributed by atoms with van der Waals surface area (Å²) < 4.78 is 19.7. The summed E-state index contributed by atoms with van der Waals surface area (Å²) in [6.45, 7) is 8.50. The van der Waals surface area contributed by atoms with Crippen LogP contribution >= 0.6 is 0 Å². The first-order valence-electron chi connectivity index (χ1n) is 10.3. The van der Waals surface area contributed by atoms with Crippen LogP contribution in [0.5, 0.6) is 0 Å². The van der Waals surface area contributed by atoms with Gasteiger partial charge in [0, 0.05) is 25.3 Å². The molecule has 1 aliphatic heterocycles. The molecule has 2 aromatic rings. The second kappa shape index (κ2) is 9.28. The van der Waals surface area contributed by atoms with Gasteiger partial charge in [-0.1, -0.05) is 6.07 Å². The van der Waals surface area contributed by atoms with E-state index < -0.39 is 11.4 Å². The number of nitrogens with one attached hydrogen (secondary N) is 3. The maximum atomic E-state index is 14.2. The lowest BCUT2D eigenvalue weighted by Crippen LogP contribution is -2.44. The van der Waals surface area contributed by atoms with Gasteiger partial charge in [-0.25, -0.2) is 19.2 Å². The molecule has 3 N–H and O–H groups in total. The molecule has 0 radical (unpaired) electrons. The van der Waals surface area contributed by atoms with Crippen LogP contribution in [0.25, 0.3) is 0 Å². The van der Waals surface area contributed by atoms with Gasteiger partial charge in [-0.05, 0) is 58.2 Å². The molecule has 2 heterocycles. The molecule has 0 bridgehead atoms. The SMILES string of the molecule is Cc1ccc(Nc2ncnc(NC3CCN(C(=O)OC(C)(C)C)CC3)c2C=N)c(F)c1. The number of aromatic nitrogens is 2. The van der Waals surface area contributed by atoms with E-state index in [1.165, 1.54) is 12.4 Å². The zero-order chi connectivity index (χ0) is 22.6. The van der Waals surface area contributed by atoms with Gasteiger partial charge in [-0.15, -0.1) is 0 Å². The van der Waals surface area contributed by atoms with E-state index in [1.807, 2.05) is 27.7 Å². The van der Waals surface area contributed by atoms with Crippen molar-refractivity contribution in [3.63, 3.8) is 0 Å². The van der Waals surface area contributed by atoms with Crippen molar-refractivity contribution in [2.75, 3.05) is 23.7 Å². The number of likely N-dealkylation sites (tertiary alicyclic amines) is 1. The van der Waals surface area contributed by atoms with Crippen molar-refractivity contribution in [2.24, 2.45) is 0 Å². The van der Waals surface area contributed by atoms with Crippen LogP contribution in [-0.4, -0.2) is 51.9 Å². The van der Waals surface area contributed by atoms with Crippen molar-refractivity contribution in [3.8, 4) is 0 Å². The second-order valence-electron chi connectivity index (χ2n) is 8.62. The fourth-order valence-corrected chi connectivity index (χ4v) is 3.32. The van der Waals surface area contributed by atoms with Gasteiger partial charge in [-0.3, -0.25) is 0 Å². The lowest BCUT2D eigenvalue weighted by Gasteiger charge is -2.34. The Morgan fingerprint density at radius 1 is 1.26 bits per heavy atom. The number of nitrogens with zero attached hydrogens (tertiary/aromatic N) is 3. The van der Waals surface area contributed by atoms with Crippen molar-refractivity contribution in [1.29, 1.82) is 5.41 Å². The molecule has 0 saturated carbocycles. The number of carbonyl (C=O) groups excluding carboxylic acids is 1. The van der Waals surface area contributed by atoms with Crippen LogP contribution in [0.15, 0.2) is 24.5 Å². The van der Waals surface area contributed by atoms with Crippen LogP contribution in [0, 0.1) is 18.2 Å². The highest BCUT2D eigenvalue weighted by Gasteiger charge is 2.27. The second-order valence-corrected chi connectivity index (χ2v) is 8.62. The van der Waals surface area contributed by atoms with Gasteiger partial charge in [0.05, 0.1) is 11.3 Å². The minimum Gasteiger partial charge on any atom is -0.444 e. The Morgan fingerprint density at radius 3 is 2.55 bits per heavy atom. The normalized spacial score (nSPS) is 14.8. The quantitative estimate of drug-likeness (QED) is 0.607. The summed E-state index contributed by atoms with van der Waals surface area (Å²) in [4.78, 5) is 22.4. The average Bonchev–Trinajstić information content (AvgIpc) is 2.69. The third-order valence-corrected chi connectivity index (χ3v) is 4.89. The number of piperidine rings is 1. The average molecular weight is 429 g/mol. The molecule has 1 aliphatic rings. The Kier molecular flexibility index (Phi) is 6.72. The minimum absolute atomic E-state index is 0.0799. The Bertz CT molecular complexity index is 952. The third kappa shape index (κ3) is 5.90. The molecule has 1 amide bonds. The summed E-state index contributed by atoms with van der Waals surface area (Å²) in [7, 11) is 0. The van der Waals surface area contributed by atoms with Gasteiger partial charge in [0.25, 0.3) is 0 Å². The lowest BCUT2D eigenvalue weighted by atomic mass is 10.1. The summed E-state index contributed by atoms with van der Waals surface area (Å²) in [6.07, 6.45) is 3.65. The van der Waals surface area contributed by atoms with Crippen molar-refractivity contribution in [2.45, 2.75) is 52.2 Å². The Labute approximate surface area is 181 Å². The van der Waals surface area contributed by atoms with Crippen molar-refractivity contribution in [3.05, 3.63) is 41.5 Å². The van der Waals surface area contributed by atoms with Crippen LogP contribution in [0.4, 0.5) is 26.5 Å². The largest absolute Gasteiger partial charge is 0.444 e. The molecule has 0 aliphatic carbocycles. The first kappa shape index (κ1) is 22.5. The van der Waals surface area contributed by atoms with Gasteiger partial charge in [0.1, 0.15) is 29.4 Å². The van der Waals surface area contributed by atoms with Gasteiger partial charge < -0.3 is 25.7 Å². The topological polar surface area (TPSA) is 103 Å². The monoisotopic (exact) mass is 428 g/mol. The van der Waals surface area contributed by atoms with E-state index in [0.717, 1.165) is 24.6 Å². The van der Waals surface area contributed by atoms with Crippen LogP contribution in [0.2, 0.25) is 0 Å². The lowest BCUT2D eigenvalue weighted by molar-refractivity contribution is 0.0210. The predicted molar refractivity (Wildman–Crippen MR) is 119 cm³/mol. The smallest absolute Gasteiger partial charge is 0.410 e. The zero-order valence-electron chi connectivity index (χ0n) is 18.3. The molecular weight excluding hydrogens is 399 g/mol. The Hall–Kier alpha value is -3.23. The number of anilines is 3. The highest BCUT2D eigenvalue weighted by atomic mass is 19.1. The number of benzene rings is 1. The molecule has 1 aromatic carbocycles. The standard InChI is InChI=1S/C22H29FN6O2/c1-14-5-6-18(17(23)11-14)28-20-16(12-24)19(25-13-26-20)27-15-7-9-29(10-8-15)21(30)31-22(2,3)4/h5-6,11-13,15,24H,7-10H2,1-4H3,(H2,25,26,27,28). The number of rotatable bonds is 5. The molecule has 0 spiro atoms. The first-order valence-corrected chi connectivity index (χ1v) is 10.3. The third-order valence-electron chi connectivity index (χ3n) is 4.89. The van der Waals surface area contributed by atoms with Crippen LogP contribution in [-0.2, 0) is 4.74 Å². The molecule has 3 rings (SSSR count). The zero-order valence-corrected chi connectivity index (χ0v) is 18.3. The number of carbonyl (C=O) groups is 1. The van der Waals surface area contributed by atoms with Gasteiger partial charge in [0.15, 0.2) is 0 Å². The molecule has 0 atom stereocenters. The summed E-state index contributed by atoms with van der Waals surface area (Å²) >= 11 is 0. The van der Waals surface area contributed by atoms with Crippen LogP contribution < -0.4 is 10.6 Å². The molecule has 1 aromatic heterocycles. The summed E-state index contributed by atoms with van der Waals surface area (Å²) in [6, 6.07) is 4.95. The molecule has 1 saturated heterocycles. The van der Waals surface area contributed by atoms with E-state index in [1.54, 1.807) is 17.0 Å². The molecule has 31 heavy (non-hydrogen) atoms. The highest BCUT2D eigenvalue weighted by Crippen LogP contribution is 2.26. The number of amides is 1. The summed E-state index contributed by atoms with van der Waals surface area (Å²) in [5.74, 6) is 0.454.